The molecule has 0 saturated carbocycles. The van der Waals surface area contributed by atoms with Gasteiger partial charge in [-0.05, 0) is 32.0 Å². The lowest BCUT2D eigenvalue weighted by molar-refractivity contribution is 0.483. The van der Waals surface area contributed by atoms with Crippen LogP contribution in [0.5, 0.6) is 0 Å². The Morgan fingerprint density at radius 3 is 2.85 bits per heavy atom. The standard InChI is InChI=1S/C15H21FN4/c1-4-6-18-15(13-5-7-17-10-14(13)16)9-12-8-11(2)19-20(12)3/h5,7-8,10,15,18H,4,6,9H2,1-3H3. The summed E-state index contributed by atoms with van der Waals surface area (Å²) in [5, 5.41) is 7.75. The van der Waals surface area contributed by atoms with Crippen LogP contribution in [0.15, 0.2) is 24.5 Å². The summed E-state index contributed by atoms with van der Waals surface area (Å²) in [7, 11) is 1.92. The Balaban J connectivity index is 2.24. The molecule has 2 aromatic rings. The highest BCUT2D eigenvalue weighted by atomic mass is 19.1. The van der Waals surface area contributed by atoms with Crippen molar-refractivity contribution >= 4 is 0 Å². The highest BCUT2D eigenvalue weighted by Gasteiger charge is 2.17. The van der Waals surface area contributed by atoms with Crippen molar-refractivity contribution in [1.29, 1.82) is 0 Å². The van der Waals surface area contributed by atoms with E-state index in [2.05, 4.69) is 22.3 Å². The number of hydrogen-bond donors (Lipinski definition) is 1. The summed E-state index contributed by atoms with van der Waals surface area (Å²) in [4.78, 5) is 3.82. The number of aryl methyl sites for hydroxylation is 2. The molecule has 2 heterocycles. The Morgan fingerprint density at radius 1 is 1.45 bits per heavy atom. The zero-order valence-electron chi connectivity index (χ0n) is 12.2. The molecule has 1 N–H and O–H groups in total. The minimum absolute atomic E-state index is 0.0623. The Labute approximate surface area is 119 Å². The summed E-state index contributed by atoms with van der Waals surface area (Å²) in [5.41, 5.74) is 2.73. The Hall–Kier alpha value is -1.75. The van der Waals surface area contributed by atoms with Crippen LogP contribution in [0.1, 0.15) is 36.3 Å². The maximum absolute atomic E-state index is 14.0. The molecule has 0 radical (unpaired) electrons. The van der Waals surface area contributed by atoms with Gasteiger partial charge in [-0.15, -0.1) is 0 Å². The summed E-state index contributed by atoms with van der Waals surface area (Å²) < 4.78 is 15.8. The lowest BCUT2D eigenvalue weighted by Gasteiger charge is -2.19. The third kappa shape index (κ3) is 3.42. The molecule has 0 aliphatic rings. The maximum atomic E-state index is 14.0. The van der Waals surface area contributed by atoms with E-state index in [1.54, 1.807) is 12.3 Å². The van der Waals surface area contributed by atoms with Crippen LogP contribution >= 0.6 is 0 Å². The van der Waals surface area contributed by atoms with Gasteiger partial charge in [0.2, 0.25) is 0 Å². The quantitative estimate of drug-likeness (QED) is 0.881. The first-order valence-electron chi connectivity index (χ1n) is 6.94. The number of hydrogen-bond acceptors (Lipinski definition) is 3. The first-order valence-corrected chi connectivity index (χ1v) is 6.94. The summed E-state index contributed by atoms with van der Waals surface area (Å²) in [6.45, 7) is 4.91. The van der Waals surface area contributed by atoms with E-state index < -0.39 is 0 Å². The number of halogens is 1. The highest BCUT2D eigenvalue weighted by molar-refractivity contribution is 5.21. The molecule has 1 unspecified atom stereocenters. The number of pyridine rings is 1. The fourth-order valence-corrected chi connectivity index (χ4v) is 2.34. The van der Waals surface area contributed by atoms with Crippen LogP contribution < -0.4 is 5.32 Å². The zero-order valence-corrected chi connectivity index (χ0v) is 12.2. The average molecular weight is 276 g/mol. The molecule has 2 aromatic heterocycles. The predicted octanol–water partition coefficient (Wildman–Crippen LogP) is 2.55. The van der Waals surface area contributed by atoms with E-state index in [9.17, 15) is 4.39 Å². The van der Waals surface area contributed by atoms with E-state index in [1.165, 1.54) is 6.20 Å². The summed E-state index contributed by atoms with van der Waals surface area (Å²) in [5.74, 6) is -0.264. The van der Waals surface area contributed by atoms with Gasteiger partial charge in [0.1, 0.15) is 5.82 Å². The fourth-order valence-electron chi connectivity index (χ4n) is 2.34. The van der Waals surface area contributed by atoms with Crippen molar-refractivity contribution in [3.8, 4) is 0 Å². The molecule has 0 amide bonds. The van der Waals surface area contributed by atoms with Crippen molar-refractivity contribution in [3.63, 3.8) is 0 Å². The highest BCUT2D eigenvalue weighted by Crippen LogP contribution is 2.21. The van der Waals surface area contributed by atoms with E-state index in [0.29, 0.717) is 12.0 Å². The summed E-state index contributed by atoms with van der Waals surface area (Å²) in [6, 6.07) is 3.72. The molecule has 2 rings (SSSR count). The Morgan fingerprint density at radius 2 is 2.25 bits per heavy atom. The third-order valence-electron chi connectivity index (χ3n) is 3.33. The van der Waals surface area contributed by atoms with Crippen LogP contribution in [0.25, 0.3) is 0 Å². The molecule has 0 aliphatic carbocycles. The van der Waals surface area contributed by atoms with Crippen molar-refractivity contribution in [1.82, 2.24) is 20.1 Å². The van der Waals surface area contributed by atoms with Gasteiger partial charge in [0.05, 0.1) is 11.9 Å². The van der Waals surface area contributed by atoms with Gasteiger partial charge in [-0.2, -0.15) is 5.10 Å². The molecular weight excluding hydrogens is 255 g/mol. The number of aromatic nitrogens is 3. The van der Waals surface area contributed by atoms with Crippen LogP contribution in [0.3, 0.4) is 0 Å². The first kappa shape index (κ1) is 14.7. The molecule has 0 bridgehead atoms. The van der Waals surface area contributed by atoms with Crippen LogP contribution in [0.4, 0.5) is 4.39 Å². The lowest BCUT2D eigenvalue weighted by atomic mass is 10.0. The molecule has 0 aromatic carbocycles. The second kappa shape index (κ2) is 6.61. The molecule has 108 valence electrons. The predicted molar refractivity (Wildman–Crippen MR) is 76.9 cm³/mol. The van der Waals surface area contributed by atoms with Crippen molar-refractivity contribution in [2.75, 3.05) is 6.54 Å². The van der Waals surface area contributed by atoms with E-state index in [0.717, 1.165) is 24.4 Å². The van der Waals surface area contributed by atoms with Gasteiger partial charge in [0.15, 0.2) is 0 Å². The molecule has 1 atom stereocenters. The van der Waals surface area contributed by atoms with Gasteiger partial charge in [-0.1, -0.05) is 6.92 Å². The molecule has 0 spiro atoms. The van der Waals surface area contributed by atoms with E-state index in [4.69, 9.17) is 0 Å². The summed E-state index contributed by atoms with van der Waals surface area (Å²) in [6.07, 6.45) is 4.61. The van der Waals surface area contributed by atoms with Crippen LogP contribution in [-0.2, 0) is 13.5 Å². The number of nitrogens with zero attached hydrogens (tertiary/aromatic N) is 3. The largest absolute Gasteiger partial charge is 0.310 e. The van der Waals surface area contributed by atoms with Crippen molar-refractivity contribution in [3.05, 3.63) is 47.3 Å². The van der Waals surface area contributed by atoms with Gasteiger partial charge >= 0.3 is 0 Å². The first-order chi connectivity index (χ1) is 9.61. The van der Waals surface area contributed by atoms with Crippen molar-refractivity contribution in [2.45, 2.75) is 32.7 Å². The average Bonchev–Trinajstić information content (AvgIpc) is 2.73. The Kier molecular flexibility index (Phi) is 4.84. The van der Waals surface area contributed by atoms with Gasteiger partial charge in [-0.3, -0.25) is 9.67 Å². The molecule has 20 heavy (non-hydrogen) atoms. The van der Waals surface area contributed by atoms with Gasteiger partial charge in [0, 0.05) is 37.0 Å². The maximum Gasteiger partial charge on any atom is 0.146 e. The monoisotopic (exact) mass is 276 g/mol. The van der Waals surface area contributed by atoms with Crippen LogP contribution in [0, 0.1) is 12.7 Å². The number of rotatable bonds is 6. The zero-order chi connectivity index (χ0) is 14.5. The smallest absolute Gasteiger partial charge is 0.146 e. The molecule has 0 aliphatic heterocycles. The topological polar surface area (TPSA) is 42.7 Å². The third-order valence-corrected chi connectivity index (χ3v) is 3.33. The molecule has 5 heteroatoms. The normalized spacial score (nSPS) is 12.6. The second-order valence-electron chi connectivity index (χ2n) is 5.01. The Bertz CT molecular complexity index is 565. The summed E-state index contributed by atoms with van der Waals surface area (Å²) >= 11 is 0. The minimum atomic E-state index is -0.264. The lowest BCUT2D eigenvalue weighted by Crippen LogP contribution is -2.25. The van der Waals surface area contributed by atoms with Crippen LogP contribution in [-0.4, -0.2) is 21.3 Å². The molecule has 0 saturated heterocycles. The second-order valence-corrected chi connectivity index (χ2v) is 5.01. The number of nitrogens with one attached hydrogen (secondary N) is 1. The SMILES string of the molecule is CCCNC(Cc1cc(C)nn1C)c1ccncc1F. The van der Waals surface area contributed by atoms with Crippen molar-refractivity contribution in [2.24, 2.45) is 7.05 Å². The van der Waals surface area contributed by atoms with Crippen molar-refractivity contribution < 1.29 is 4.39 Å². The molecule has 0 fully saturated rings. The van der Waals surface area contributed by atoms with Gasteiger partial charge in [0.25, 0.3) is 0 Å². The van der Waals surface area contributed by atoms with E-state index in [1.807, 2.05) is 24.7 Å². The molecular formula is C15H21FN4. The van der Waals surface area contributed by atoms with Gasteiger partial charge < -0.3 is 5.32 Å². The van der Waals surface area contributed by atoms with Gasteiger partial charge in [-0.25, -0.2) is 4.39 Å². The van der Waals surface area contributed by atoms with E-state index >= 15 is 0 Å². The fraction of sp³-hybridized carbons (Fsp3) is 0.467. The minimum Gasteiger partial charge on any atom is -0.310 e. The van der Waals surface area contributed by atoms with Crippen LogP contribution in [0.2, 0.25) is 0 Å². The van der Waals surface area contributed by atoms with E-state index in [-0.39, 0.29) is 11.9 Å². The molecule has 4 nitrogen and oxygen atoms in total.